The lowest BCUT2D eigenvalue weighted by Crippen LogP contribution is -2.15. The lowest BCUT2D eigenvalue weighted by Gasteiger charge is -2.05. The molecule has 1 amide bonds. The molecule has 2 rings (SSSR count). The van der Waals surface area contributed by atoms with E-state index in [9.17, 15) is 23.3 Å². The van der Waals surface area contributed by atoms with Crippen molar-refractivity contribution in [1.82, 2.24) is 4.98 Å². The number of carbonyl (C=O) groups is 1. The predicted octanol–water partition coefficient (Wildman–Crippen LogP) is 0.823. The van der Waals surface area contributed by atoms with Gasteiger partial charge in [0.05, 0.1) is 16.0 Å². The average Bonchev–Trinajstić information content (AvgIpc) is 2.88. The number of amides is 1. The molecule has 0 spiro atoms. The van der Waals surface area contributed by atoms with E-state index in [-0.39, 0.29) is 22.0 Å². The van der Waals surface area contributed by atoms with E-state index in [0.29, 0.717) is 0 Å². The first-order valence-electron chi connectivity index (χ1n) is 5.54. The van der Waals surface area contributed by atoms with E-state index < -0.39 is 20.9 Å². The smallest absolute Gasteiger partial charge is 0.287 e. The van der Waals surface area contributed by atoms with Gasteiger partial charge < -0.3 is 10.3 Å². The van der Waals surface area contributed by atoms with Crippen LogP contribution in [0.15, 0.2) is 41.4 Å². The summed E-state index contributed by atoms with van der Waals surface area (Å²) >= 11 is 0. The van der Waals surface area contributed by atoms with Crippen LogP contribution in [0.3, 0.4) is 0 Å². The van der Waals surface area contributed by atoms with Crippen LogP contribution in [0.25, 0.3) is 0 Å². The van der Waals surface area contributed by atoms with Crippen molar-refractivity contribution in [3.05, 3.63) is 52.3 Å². The Kier molecular flexibility index (Phi) is 3.74. The molecule has 1 aromatic carbocycles. The Bertz CT molecular complexity index is 812. The fourth-order valence-electron chi connectivity index (χ4n) is 1.57. The monoisotopic (exact) mass is 310 g/mol. The Morgan fingerprint density at radius 3 is 2.62 bits per heavy atom. The second-order valence-corrected chi connectivity index (χ2v) is 5.62. The Morgan fingerprint density at radius 2 is 2.05 bits per heavy atom. The molecule has 0 saturated carbocycles. The number of hydrogen-bond acceptors (Lipinski definition) is 5. The number of nitrogens with one attached hydrogen (secondary N) is 2. The molecular formula is C11H10N4O5S. The molecule has 0 saturated heterocycles. The molecule has 0 fully saturated rings. The molecule has 0 atom stereocenters. The molecule has 1 heterocycles. The summed E-state index contributed by atoms with van der Waals surface area (Å²) in [6.45, 7) is 0. The number of H-pyrrole nitrogens is 1. The molecule has 110 valence electrons. The molecule has 0 unspecified atom stereocenters. The number of anilines is 1. The van der Waals surface area contributed by atoms with Crippen LogP contribution < -0.4 is 10.5 Å². The van der Waals surface area contributed by atoms with Gasteiger partial charge in [-0.25, -0.2) is 13.6 Å². The van der Waals surface area contributed by atoms with E-state index in [1.54, 1.807) is 0 Å². The van der Waals surface area contributed by atoms with Gasteiger partial charge in [0, 0.05) is 11.8 Å². The topological polar surface area (TPSA) is 148 Å². The van der Waals surface area contributed by atoms with Gasteiger partial charge in [0.1, 0.15) is 5.69 Å². The first-order chi connectivity index (χ1) is 9.77. The van der Waals surface area contributed by atoms with Crippen LogP contribution in [0.4, 0.5) is 11.4 Å². The standard InChI is InChI=1S/C11H10N4O5S/c12-21(19,20)9-3-1-2-7(4-9)14-11(16)10-5-8(6-13-10)15(17)18/h1-6,13H,(H,14,16)(H2,12,19,20). The molecule has 4 N–H and O–H groups in total. The number of nitrogens with zero attached hydrogens (tertiary/aromatic N) is 1. The highest BCUT2D eigenvalue weighted by molar-refractivity contribution is 7.89. The van der Waals surface area contributed by atoms with Crippen molar-refractivity contribution in [3.63, 3.8) is 0 Å². The highest BCUT2D eigenvalue weighted by Crippen LogP contribution is 2.17. The van der Waals surface area contributed by atoms with Crippen LogP contribution >= 0.6 is 0 Å². The zero-order valence-corrected chi connectivity index (χ0v) is 11.3. The van der Waals surface area contributed by atoms with Gasteiger partial charge in [-0.15, -0.1) is 0 Å². The van der Waals surface area contributed by atoms with Gasteiger partial charge in [0.2, 0.25) is 10.0 Å². The highest BCUT2D eigenvalue weighted by atomic mass is 32.2. The van der Waals surface area contributed by atoms with E-state index in [0.717, 1.165) is 12.3 Å². The maximum atomic E-state index is 11.9. The lowest BCUT2D eigenvalue weighted by atomic mass is 10.3. The minimum absolute atomic E-state index is 0.0253. The van der Waals surface area contributed by atoms with E-state index in [4.69, 9.17) is 5.14 Å². The Labute approximate surface area is 119 Å². The van der Waals surface area contributed by atoms with E-state index in [2.05, 4.69) is 10.3 Å². The molecule has 0 bridgehead atoms. The average molecular weight is 310 g/mol. The van der Waals surface area contributed by atoms with Crippen molar-refractivity contribution in [2.75, 3.05) is 5.32 Å². The number of rotatable bonds is 4. The Hall–Kier alpha value is -2.72. The molecule has 10 heteroatoms. The molecule has 0 aliphatic rings. The maximum absolute atomic E-state index is 11.9. The molecule has 2 aromatic rings. The third-order valence-electron chi connectivity index (χ3n) is 2.54. The summed E-state index contributed by atoms with van der Waals surface area (Å²) in [6, 6.07) is 6.41. The third kappa shape index (κ3) is 3.43. The molecule has 0 aliphatic carbocycles. The van der Waals surface area contributed by atoms with Crippen molar-refractivity contribution in [3.8, 4) is 0 Å². The quantitative estimate of drug-likeness (QED) is 0.564. The lowest BCUT2D eigenvalue weighted by molar-refractivity contribution is -0.384. The summed E-state index contributed by atoms with van der Waals surface area (Å²) < 4.78 is 22.4. The largest absolute Gasteiger partial charge is 0.351 e. The summed E-state index contributed by atoms with van der Waals surface area (Å²) in [5.41, 5.74) is -0.0788. The number of sulfonamides is 1. The number of primary sulfonamides is 1. The number of nitrogens with two attached hydrogens (primary N) is 1. The number of nitro groups is 1. The van der Waals surface area contributed by atoms with Crippen molar-refractivity contribution < 1.29 is 18.1 Å². The first kappa shape index (κ1) is 14.7. The molecule has 21 heavy (non-hydrogen) atoms. The predicted molar refractivity (Wildman–Crippen MR) is 73.2 cm³/mol. The number of hydrogen-bond donors (Lipinski definition) is 3. The molecule has 0 radical (unpaired) electrons. The normalized spacial score (nSPS) is 11.1. The Balaban J connectivity index is 2.21. The van der Waals surface area contributed by atoms with Crippen molar-refractivity contribution in [2.24, 2.45) is 5.14 Å². The van der Waals surface area contributed by atoms with Gasteiger partial charge >= 0.3 is 0 Å². The number of benzene rings is 1. The summed E-state index contributed by atoms with van der Waals surface area (Å²) in [4.78, 5) is 24.0. The Morgan fingerprint density at radius 1 is 1.33 bits per heavy atom. The fourth-order valence-corrected chi connectivity index (χ4v) is 2.13. The van der Waals surface area contributed by atoms with Gasteiger partial charge in [0.25, 0.3) is 11.6 Å². The third-order valence-corrected chi connectivity index (χ3v) is 3.45. The number of aromatic nitrogens is 1. The highest BCUT2D eigenvalue weighted by Gasteiger charge is 2.15. The summed E-state index contributed by atoms with van der Waals surface area (Å²) in [5, 5.41) is 17.9. The number of aromatic amines is 1. The van der Waals surface area contributed by atoms with Crippen LogP contribution in [0.2, 0.25) is 0 Å². The van der Waals surface area contributed by atoms with Crippen LogP contribution in [0.5, 0.6) is 0 Å². The summed E-state index contributed by atoms with van der Waals surface area (Å²) in [6.07, 6.45) is 1.08. The zero-order chi connectivity index (χ0) is 15.6. The van der Waals surface area contributed by atoms with Crippen molar-refractivity contribution in [1.29, 1.82) is 0 Å². The van der Waals surface area contributed by atoms with Crippen molar-refractivity contribution >= 4 is 27.3 Å². The van der Waals surface area contributed by atoms with Crippen LogP contribution in [0, 0.1) is 10.1 Å². The van der Waals surface area contributed by atoms with Gasteiger partial charge in [0.15, 0.2) is 0 Å². The molecular weight excluding hydrogens is 300 g/mol. The van der Waals surface area contributed by atoms with Crippen LogP contribution in [-0.4, -0.2) is 24.2 Å². The van der Waals surface area contributed by atoms with Crippen molar-refractivity contribution in [2.45, 2.75) is 4.90 Å². The maximum Gasteiger partial charge on any atom is 0.287 e. The second kappa shape index (κ2) is 5.34. The molecule has 1 aromatic heterocycles. The van der Waals surface area contributed by atoms with Crippen LogP contribution in [0.1, 0.15) is 10.5 Å². The minimum Gasteiger partial charge on any atom is -0.351 e. The van der Waals surface area contributed by atoms with E-state index in [1.165, 1.54) is 24.3 Å². The molecule has 9 nitrogen and oxygen atoms in total. The number of carbonyl (C=O) groups excluding carboxylic acids is 1. The SMILES string of the molecule is NS(=O)(=O)c1cccc(NC(=O)c2cc([N+](=O)[O-])c[nH]2)c1. The minimum atomic E-state index is -3.88. The zero-order valence-electron chi connectivity index (χ0n) is 10.4. The van der Waals surface area contributed by atoms with Crippen LogP contribution in [-0.2, 0) is 10.0 Å². The first-order valence-corrected chi connectivity index (χ1v) is 7.09. The summed E-state index contributed by atoms with van der Waals surface area (Å²) in [7, 11) is -3.88. The van der Waals surface area contributed by atoms with Gasteiger partial charge in [-0.3, -0.25) is 14.9 Å². The van der Waals surface area contributed by atoms with E-state index >= 15 is 0 Å². The van der Waals surface area contributed by atoms with Gasteiger partial charge in [-0.1, -0.05) is 6.07 Å². The summed E-state index contributed by atoms with van der Waals surface area (Å²) in [5.74, 6) is -0.644. The fraction of sp³-hybridized carbons (Fsp3) is 0. The van der Waals surface area contributed by atoms with E-state index in [1.807, 2.05) is 0 Å². The van der Waals surface area contributed by atoms with Gasteiger partial charge in [-0.05, 0) is 18.2 Å². The van der Waals surface area contributed by atoms with Gasteiger partial charge in [-0.2, -0.15) is 0 Å². The second-order valence-electron chi connectivity index (χ2n) is 4.06. The molecule has 0 aliphatic heterocycles.